The Hall–Kier alpha value is -2.86. The summed E-state index contributed by atoms with van der Waals surface area (Å²) in [5.74, 6) is 0.365. The summed E-state index contributed by atoms with van der Waals surface area (Å²) >= 11 is 0. The number of anilines is 3. The first-order chi connectivity index (χ1) is 14.6. The fourth-order valence-corrected chi connectivity index (χ4v) is 4.36. The van der Waals surface area contributed by atoms with Gasteiger partial charge in [-0.2, -0.15) is 5.10 Å². The zero-order valence-corrected chi connectivity index (χ0v) is 17.8. The Balaban J connectivity index is 1.87. The Kier molecular flexibility index (Phi) is 6.04. The molecule has 2 aromatic rings. The van der Waals surface area contributed by atoms with Crippen molar-refractivity contribution in [1.29, 1.82) is 0 Å². The van der Waals surface area contributed by atoms with Crippen molar-refractivity contribution in [1.82, 2.24) is 5.01 Å². The molecule has 0 atom stereocenters. The fourth-order valence-electron chi connectivity index (χ4n) is 4.36. The molecule has 2 N–H and O–H groups in total. The quantitative estimate of drug-likeness (QED) is 0.704. The largest absolute Gasteiger partial charge is 0.399 e. The van der Waals surface area contributed by atoms with Crippen LogP contribution in [0, 0.1) is 12.8 Å². The molecular formula is C24H30N4O2. The third-order valence-corrected chi connectivity index (χ3v) is 5.96. The van der Waals surface area contributed by atoms with Gasteiger partial charge in [0.1, 0.15) is 0 Å². The Morgan fingerprint density at radius 1 is 1.10 bits per heavy atom. The number of rotatable bonds is 5. The molecule has 0 saturated heterocycles. The first-order valence-electron chi connectivity index (χ1n) is 10.7. The van der Waals surface area contributed by atoms with Gasteiger partial charge in [-0.3, -0.25) is 4.90 Å². The number of carbonyl (C=O) groups excluding carboxylic acids is 1. The van der Waals surface area contributed by atoms with E-state index in [0.29, 0.717) is 24.8 Å². The van der Waals surface area contributed by atoms with Crippen molar-refractivity contribution in [2.45, 2.75) is 39.0 Å². The molecular weight excluding hydrogens is 376 g/mol. The van der Waals surface area contributed by atoms with Gasteiger partial charge in [0.2, 0.25) is 0 Å². The standard InChI is InChI=1S/C24H30N4O2/c1-17-8-13-21-22(16-17)28(20-11-9-19(25)10-12-20)24(29)27(14-15-30-2)26-23(21)18-6-4-3-5-7-18/h8-13,16,18H,3-7,14-15,25H2,1-2H3. The maximum absolute atomic E-state index is 13.7. The van der Waals surface area contributed by atoms with Gasteiger partial charge in [-0.25, -0.2) is 9.80 Å². The molecule has 2 amide bonds. The lowest BCUT2D eigenvalue weighted by Crippen LogP contribution is -2.38. The number of amides is 2. The van der Waals surface area contributed by atoms with Crippen LogP contribution >= 0.6 is 0 Å². The molecule has 0 spiro atoms. The van der Waals surface area contributed by atoms with Gasteiger partial charge in [-0.05, 0) is 55.7 Å². The normalized spacial score (nSPS) is 17.5. The van der Waals surface area contributed by atoms with Crippen molar-refractivity contribution in [3.63, 3.8) is 0 Å². The van der Waals surface area contributed by atoms with Gasteiger partial charge in [-0.1, -0.05) is 31.4 Å². The molecule has 0 unspecified atom stereocenters. The number of fused-ring (bicyclic) bond motifs is 1. The third kappa shape index (κ3) is 4.05. The van der Waals surface area contributed by atoms with Crippen LogP contribution in [0.5, 0.6) is 0 Å². The lowest BCUT2D eigenvalue weighted by Gasteiger charge is -2.27. The van der Waals surface area contributed by atoms with Crippen molar-refractivity contribution < 1.29 is 9.53 Å². The van der Waals surface area contributed by atoms with E-state index in [2.05, 4.69) is 25.1 Å². The van der Waals surface area contributed by atoms with Gasteiger partial charge in [0, 0.05) is 24.3 Å². The van der Waals surface area contributed by atoms with E-state index in [1.807, 2.05) is 24.3 Å². The maximum Gasteiger partial charge on any atom is 0.349 e. The van der Waals surface area contributed by atoms with Crippen LogP contribution in [0.2, 0.25) is 0 Å². The number of nitrogens with zero attached hydrogens (tertiary/aromatic N) is 3. The van der Waals surface area contributed by atoms with E-state index < -0.39 is 0 Å². The fraction of sp³-hybridized carbons (Fsp3) is 0.417. The average molecular weight is 407 g/mol. The highest BCUT2D eigenvalue weighted by molar-refractivity contribution is 6.14. The number of ether oxygens (including phenoxy) is 1. The SMILES string of the molecule is COCCN1N=C(C2CCCCC2)c2ccc(C)cc2N(c2ccc(N)cc2)C1=O. The molecule has 2 aliphatic rings. The molecule has 0 bridgehead atoms. The number of nitrogen functional groups attached to an aromatic ring is 1. The van der Waals surface area contributed by atoms with Crippen molar-refractivity contribution >= 4 is 28.8 Å². The maximum atomic E-state index is 13.7. The van der Waals surface area contributed by atoms with Crippen LogP contribution in [-0.4, -0.2) is 37.0 Å². The Bertz CT molecular complexity index is 933. The molecule has 1 heterocycles. The zero-order valence-electron chi connectivity index (χ0n) is 17.8. The molecule has 1 saturated carbocycles. The van der Waals surface area contributed by atoms with Crippen LogP contribution in [0.15, 0.2) is 47.6 Å². The molecule has 30 heavy (non-hydrogen) atoms. The number of hydrogen-bond acceptors (Lipinski definition) is 4. The lowest BCUT2D eigenvalue weighted by molar-refractivity contribution is 0.155. The van der Waals surface area contributed by atoms with Crippen molar-refractivity contribution in [2.75, 3.05) is 30.9 Å². The third-order valence-electron chi connectivity index (χ3n) is 5.96. The minimum Gasteiger partial charge on any atom is -0.399 e. The summed E-state index contributed by atoms with van der Waals surface area (Å²) in [7, 11) is 1.64. The van der Waals surface area contributed by atoms with E-state index in [1.165, 1.54) is 19.3 Å². The first kappa shape index (κ1) is 20.4. The second kappa shape index (κ2) is 8.88. The summed E-state index contributed by atoms with van der Waals surface area (Å²) in [5, 5.41) is 6.50. The summed E-state index contributed by atoms with van der Waals surface area (Å²) in [6.45, 7) is 2.89. The number of carbonyl (C=O) groups is 1. The molecule has 4 rings (SSSR count). The topological polar surface area (TPSA) is 71.2 Å². The van der Waals surface area contributed by atoms with E-state index in [0.717, 1.165) is 41.1 Å². The number of methoxy groups -OCH3 is 1. The molecule has 1 aliphatic carbocycles. The van der Waals surface area contributed by atoms with Crippen LogP contribution in [-0.2, 0) is 4.74 Å². The van der Waals surface area contributed by atoms with Crippen LogP contribution < -0.4 is 10.6 Å². The summed E-state index contributed by atoms with van der Waals surface area (Å²) in [6, 6.07) is 13.6. The highest BCUT2D eigenvalue weighted by atomic mass is 16.5. The lowest BCUT2D eigenvalue weighted by atomic mass is 9.82. The van der Waals surface area contributed by atoms with Gasteiger partial charge in [0.05, 0.1) is 30.2 Å². The molecule has 6 heteroatoms. The Morgan fingerprint density at radius 3 is 2.53 bits per heavy atom. The molecule has 0 radical (unpaired) electrons. The highest BCUT2D eigenvalue weighted by Crippen LogP contribution is 2.38. The molecule has 1 aliphatic heterocycles. The summed E-state index contributed by atoms with van der Waals surface area (Å²) in [5.41, 5.74) is 11.4. The minimum absolute atomic E-state index is 0.172. The number of hydrazone groups is 1. The van der Waals surface area contributed by atoms with Crippen LogP contribution in [0.1, 0.15) is 43.2 Å². The molecule has 158 valence electrons. The molecule has 6 nitrogen and oxygen atoms in total. The van der Waals surface area contributed by atoms with Gasteiger partial charge < -0.3 is 10.5 Å². The first-order valence-corrected chi connectivity index (χ1v) is 10.7. The number of urea groups is 1. The summed E-state index contributed by atoms with van der Waals surface area (Å²) in [4.78, 5) is 15.5. The Morgan fingerprint density at radius 2 is 1.83 bits per heavy atom. The van der Waals surface area contributed by atoms with Crippen LogP contribution in [0.3, 0.4) is 0 Å². The number of nitrogens with two attached hydrogens (primary N) is 1. The second-order valence-electron chi connectivity index (χ2n) is 8.17. The Labute approximate surface area is 178 Å². The van der Waals surface area contributed by atoms with Crippen LogP contribution in [0.4, 0.5) is 21.9 Å². The minimum atomic E-state index is -0.172. The van der Waals surface area contributed by atoms with E-state index in [4.69, 9.17) is 15.6 Å². The smallest absolute Gasteiger partial charge is 0.349 e. The van der Waals surface area contributed by atoms with Gasteiger partial charge in [-0.15, -0.1) is 0 Å². The second-order valence-corrected chi connectivity index (χ2v) is 8.17. The van der Waals surface area contributed by atoms with Crippen molar-refractivity contribution in [2.24, 2.45) is 11.0 Å². The predicted molar refractivity (Wildman–Crippen MR) is 121 cm³/mol. The van der Waals surface area contributed by atoms with E-state index in [9.17, 15) is 4.79 Å². The summed E-state index contributed by atoms with van der Waals surface area (Å²) < 4.78 is 5.27. The zero-order chi connectivity index (χ0) is 21.1. The van der Waals surface area contributed by atoms with Crippen LogP contribution in [0.25, 0.3) is 0 Å². The summed E-state index contributed by atoms with van der Waals surface area (Å²) in [6.07, 6.45) is 5.91. The van der Waals surface area contributed by atoms with Gasteiger partial charge in [0.25, 0.3) is 0 Å². The van der Waals surface area contributed by atoms with Gasteiger partial charge in [0.15, 0.2) is 0 Å². The molecule has 2 aromatic carbocycles. The van der Waals surface area contributed by atoms with Crippen molar-refractivity contribution in [3.8, 4) is 0 Å². The number of aryl methyl sites for hydroxylation is 1. The average Bonchev–Trinajstić information content (AvgIpc) is 2.88. The van der Waals surface area contributed by atoms with Gasteiger partial charge >= 0.3 is 6.03 Å². The molecule has 0 aromatic heterocycles. The predicted octanol–water partition coefficient (Wildman–Crippen LogP) is 5.08. The van der Waals surface area contributed by atoms with E-state index in [-0.39, 0.29) is 6.03 Å². The van der Waals surface area contributed by atoms with E-state index in [1.54, 1.807) is 17.0 Å². The highest BCUT2D eigenvalue weighted by Gasteiger charge is 2.34. The van der Waals surface area contributed by atoms with E-state index >= 15 is 0 Å². The van der Waals surface area contributed by atoms with Crippen molar-refractivity contribution in [3.05, 3.63) is 53.6 Å². The monoisotopic (exact) mass is 406 g/mol. The molecule has 1 fully saturated rings. The number of benzene rings is 2. The number of hydrogen-bond donors (Lipinski definition) is 1.